The first kappa shape index (κ1) is 21.9. The predicted molar refractivity (Wildman–Crippen MR) is 118 cm³/mol. The van der Waals surface area contributed by atoms with Crippen molar-refractivity contribution in [3.63, 3.8) is 0 Å². The minimum absolute atomic E-state index is 0.674. The molecule has 2 heterocycles. The van der Waals surface area contributed by atoms with E-state index >= 15 is 0 Å². The van der Waals surface area contributed by atoms with Crippen molar-refractivity contribution in [3.8, 4) is 23.0 Å². The highest BCUT2D eigenvalue weighted by molar-refractivity contribution is 5.37. The SMILES string of the molecule is c1cc(Oc2ccc(OCCN3CCOCC3)cc2)ccc1OCCN1CCOCC1. The number of ether oxygens (including phenoxy) is 5. The van der Waals surface area contributed by atoms with Crippen molar-refractivity contribution >= 4 is 0 Å². The average Bonchev–Trinajstić information content (AvgIpc) is 2.83. The zero-order valence-electron chi connectivity index (χ0n) is 18.0. The van der Waals surface area contributed by atoms with E-state index in [1.165, 1.54) is 0 Å². The first-order valence-corrected chi connectivity index (χ1v) is 11.1. The Morgan fingerprint density at radius 1 is 0.548 bits per heavy atom. The Balaban J connectivity index is 1.16. The molecule has 0 spiro atoms. The van der Waals surface area contributed by atoms with Crippen LogP contribution >= 0.6 is 0 Å². The third kappa shape index (κ3) is 7.40. The lowest BCUT2D eigenvalue weighted by molar-refractivity contribution is 0.0322. The molecule has 0 atom stereocenters. The van der Waals surface area contributed by atoms with Gasteiger partial charge in [0.05, 0.1) is 26.4 Å². The van der Waals surface area contributed by atoms with Crippen molar-refractivity contribution in [1.29, 1.82) is 0 Å². The quantitative estimate of drug-likeness (QED) is 0.577. The fourth-order valence-corrected chi connectivity index (χ4v) is 3.58. The summed E-state index contributed by atoms with van der Waals surface area (Å²) in [6, 6.07) is 15.5. The van der Waals surface area contributed by atoms with Crippen LogP contribution in [-0.4, -0.2) is 88.7 Å². The third-order valence-corrected chi connectivity index (χ3v) is 5.44. The molecule has 2 aromatic rings. The summed E-state index contributed by atoms with van der Waals surface area (Å²) in [6.45, 7) is 10.4. The Labute approximate surface area is 184 Å². The molecule has 0 radical (unpaired) electrons. The first-order chi connectivity index (χ1) is 15.3. The molecule has 2 aromatic carbocycles. The van der Waals surface area contributed by atoms with Crippen LogP contribution in [-0.2, 0) is 9.47 Å². The third-order valence-electron chi connectivity index (χ3n) is 5.44. The molecule has 0 amide bonds. The molecule has 2 saturated heterocycles. The summed E-state index contributed by atoms with van der Waals surface area (Å²) in [5, 5.41) is 0. The number of hydrogen-bond acceptors (Lipinski definition) is 7. The van der Waals surface area contributed by atoms with Crippen molar-refractivity contribution in [2.75, 3.05) is 78.9 Å². The summed E-state index contributed by atoms with van der Waals surface area (Å²) in [5.74, 6) is 3.26. The molecule has 31 heavy (non-hydrogen) atoms. The van der Waals surface area contributed by atoms with E-state index in [1.54, 1.807) is 0 Å². The second kappa shape index (κ2) is 11.9. The van der Waals surface area contributed by atoms with Gasteiger partial charge in [0, 0.05) is 39.3 Å². The van der Waals surface area contributed by atoms with Crippen LogP contribution in [0.15, 0.2) is 48.5 Å². The number of rotatable bonds is 10. The second-order valence-corrected chi connectivity index (χ2v) is 7.65. The van der Waals surface area contributed by atoms with Gasteiger partial charge in [-0.1, -0.05) is 0 Å². The second-order valence-electron chi connectivity index (χ2n) is 7.65. The molecule has 0 N–H and O–H groups in total. The van der Waals surface area contributed by atoms with Gasteiger partial charge in [0.25, 0.3) is 0 Å². The summed E-state index contributed by atoms with van der Waals surface area (Å²) in [6.07, 6.45) is 0. The van der Waals surface area contributed by atoms with E-state index in [-0.39, 0.29) is 0 Å². The fourth-order valence-electron chi connectivity index (χ4n) is 3.58. The minimum atomic E-state index is 0.674. The van der Waals surface area contributed by atoms with Gasteiger partial charge in [-0.2, -0.15) is 0 Å². The molecule has 0 bridgehead atoms. The van der Waals surface area contributed by atoms with Crippen LogP contribution in [0.4, 0.5) is 0 Å². The molecule has 0 unspecified atom stereocenters. The van der Waals surface area contributed by atoms with E-state index in [2.05, 4.69) is 9.80 Å². The van der Waals surface area contributed by atoms with Crippen LogP contribution in [0.3, 0.4) is 0 Å². The number of nitrogens with zero attached hydrogens (tertiary/aromatic N) is 2. The van der Waals surface area contributed by atoms with E-state index in [4.69, 9.17) is 23.7 Å². The molecule has 2 aliphatic heterocycles. The maximum absolute atomic E-state index is 5.93. The fraction of sp³-hybridized carbons (Fsp3) is 0.500. The molecule has 7 heteroatoms. The van der Waals surface area contributed by atoms with Crippen molar-refractivity contribution in [3.05, 3.63) is 48.5 Å². The highest BCUT2D eigenvalue weighted by Crippen LogP contribution is 2.25. The summed E-state index contributed by atoms with van der Waals surface area (Å²) in [4.78, 5) is 4.72. The monoisotopic (exact) mass is 428 g/mol. The van der Waals surface area contributed by atoms with Crippen LogP contribution < -0.4 is 14.2 Å². The molecule has 2 fully saturated rings. The van der Waals surface area contributed by atoms with E-state index < -0.39 is 0 Å². The topological polar surface area (TPSA) is 52.6 Å². The van der Waals surface area contributed by atoms with Gasteiger partial charge in [0.15, 0.2) is 0 Å². The Morgan fingerprint density at radius 2 is 0.903 bits per heavy atom. The number of benzene rings is 2. The lowest BCUT2D eigenvalue weighted by atomic mass is 10.3. The van der Waals surface area contributed by atoms with Crippen molar-refractivity contribution in [2.45, 2.75) is 0 Å². The summed E-state index contributed by atoms with van der Waals surface area (Å²) in [7, 11) is 0. The maximum Gasteiger partial charge on any atom is 0.127 e. The Hall–Kier alpha value is -2.32. The summed E-state index contributed by atoms with van der Waals surface area (Å²) < 4.78 is 28.4. The van der Waals surface area contributed by atoms with Gasteiger partial charge < -0.3 is 23.7 Å². The molecule has 0 saturated carbocycles. The van der Waals surface area contributed by atoms with Gasteiger partial charge in [-0.25, -0.2) is 0 Å². The molecular weight excluding hydrogens is 396 g/mol. The molecule has 0 aliphatic carbocycles. The largest absolute Gasteiger partial charge is 0.492 e. The lowest BCUT2D eigenvalue weighted by Gasteiger charge is -2.26. The zero-order valence-corrected chi connectivity index (χ0v) is 18.0. The van der Waals surface area contributed by atoms with E-state index in [1.807, 2.05) is 48.5 Å². The molecule has 168 valence electrons. The van der Waals surface area contributed by atoms with Crippen molar-refractivity contribution in [2.24, 2.45) is 0 Å². The lowest BCUT2D eigenvalue weighted by Crippen LogP contribution is -2.38. The molecule has 7 nitrogen and oxygen atoms in total. The summed E-state index contributed by atoms with van der Waals surface area (Å²) >= 11 is 0. The van der Waals surface area contributed by atoms with Crippen LogP contribution in [0.5, 0.6) is 23.0 Å². The minimum Gasteiger partial charge on any atom is -0.492 e. The van der Waals surface area contributed by atoms with Crippen LogP contribution in [0.25, 0.3) is 0 Å². The highest BCUT2D eigenvalue weighted by Gasteiger charge is 2.11. The number of hydrogen-bond donors (Lipinski definition) is 0. The Bertz CT molecular complexity index is 691. The average molecular weight is 429 g/mol. The van der Waals surface area contributed by atoms with Crippen molar-refractivity contribution in [1.82, 2.24) is 9.80 Å². The van der Waals surface area contributed by atoms with Gasteiger partial charge in [0.2, 0.25) is 0 Å². The predicted octanol–water partition coefficient (Wildman–Crippen LogP) is 2.90. The van der Waals surface area contributed by atoms with E-state index in [0.717, 1.165) is 88.7 Å². The smallest absolute Gasteiger partial charge is 0.127 e. The molecule has 0 aromatic heterocycles. The van der Waals surface area contributed by atoms with Gasteiger partial charge in [0.1, 0.15) is 36.2 Å². The van der Waals surface area contributed by atoms with Gasteiger partial charge in [-0.15, -0.1) is 0 Å². The van der Waals surface area contributed by atoms with Gasteiger partial charge in [-0.3, -0.25) is 9.80 Å². The Kier molecular flexibility index (Phi) is 8.41. The maximum atomic E-state index is 5.93. The van der Waals surface area contributed by atoms with E-state index in [9.17, 15) is 0 Å². The standard InChI is InChI=1S/C24H32N2O5/c1-5-23(6-2-21(1)29-19-13-25-9-15-27-16-10-25)31-24-7-3-22(4-8-24)30-20-14-26-11-17-28-18-12-26/h1-8H,9-20H2. The Morgan fingerprint density at radius 3 is 1.29 bits per heavy atom. The van der Waals surface area contributed by atoms with Gasteiger partial charge >= 0.3 is 0 Å². The number of morpholine rings is 2. The van der Waals surface area contributed by atoms with Crippen LogP contribution in [0.2, 0.25) is 0 Å². The zero-order chi connectivity index (χ0) is 21.1. The van der Waals surface area contributed by atoms with Gasteiger partial charge in [-0.05, 0) is 48.5 Å². The van der Waals surface area contributed by atoms with Crippen LogP contribution in [0, 0.1) is 0 Å². The van der Waals surface area contributed by atoms with Crippen LogP contribution in [0.1, 0.15) is 0 Å². The first-order valence-electron chi connectivity index (χ1n) is 11.1. The molecule has 4 rings (SSSR count). The normalized spacial score (nSPS) is 17.9. The van der Waals surface area contributed by atoms with E-state index in [0.29, 0.717) is 13.2 Å². The molecular formula is C24H32N2O5. The highest BCUT2D eigenvalue weighted by atomic mass is 16.5. The van der Waals surface area contributed by atoms with Crippen molar-refractivity contribution < 1.29 is 23.7 Å². The summed E-state index contributed by atoms with van der Waals surface area (Å²) in [5.41, 5.74) is 0. The molecule has 2 aliphatic rings.